The predicted octanol–water partition coefficient (Wildman–Crippen LogP) is 4.08. The van der Waals surface area contributed by atoms with Crippen LogP contribution in [0.1, 0.15) is 18.9 Å². The van der Waals surface area contributed by atoms with Gasteiger partial charge in [0.1, 0.15) is 5.75 Å². The lowest BCUT2D eigenvalue weighted by atomic mass is 10.1. The van der Waals surface area contributed by atoms with Gasteiger partial charge in [0.05, 0.1) is 5.75 Å². The molecule has 0 aliphatic carbocycles. The van der Waals surface area contributed by atoms with Crippen molar-refractivity contribution < 1.29 is 9.90 Å². The molecule has 0 saturated carbocycles. The highest BCUT2D eigenvalue weighted by Gasteiger charge is 2.04. The number of carbonyl (C=O) groups is 1. The van der Waals surface area contributed by atoms with Gasteiger partial charge in [-0.25, -0.2) is 0 Å². The van der Waals surface area contributed by atoms with Gasteiger partial charge >= 0.3 is 0 Å². The van der Waals surface area contributed by atoms with Crippen molar-refractivity contribution in [3.63, 3.8) is 0 Å². The summed E-state index contributed by atoms with van der Waals surface area (Å²) in [6, 6.07) is 14.8. The van der Waals surface area contributed by atoms with Crippen LogP contribution in [0, 0.1) is 0 Å². The smallest absolute Gasteiger partial charge is 0.234 e. The largest absolute Gasteiger partial charge is 0.508 e. The summed E-state index contributed by atoms with van der Waals surface area (Å²) in [4.78, 5) is 12.8. The van der Waals surface area contributed by atoms with E-state index in [0.717, 1.165) is 23.4 Å². The molecule has 0 unspecified atom stereocenters. The molecular formula is C17H19NO2S. The third-order valence-electron chi connectivity index (χ3n) is 2.98. The predicted molar refractivity (Wildman–Crippen MR) is 87.9 cm³/mol. The van der Waals surface area contributed by atoms with E-state index in [0.29, 0.717) is 5.75 Å². The number of phenols is 1. The maximum absolute atomic E-state index is 11.9. The van der Waals surface area contributed by atoms with Crippen molar-refractivity contribution in [2.45, 2.75) is 24.7 Å². The number of hydrogen-bond donors (Lipinski definition) is 2. The Morgan fingerprint density at radius 1 is 1.10 bits per heavy atom. The summed E-state index contributed by atoms with van der Waals surface area (Å²) in [6.07, 6.45) is 2.18. The molecule has 0 aliphatic heterocycles. The fourth-order valence-corrected chi connectivity index (χ4v) is 2.63. The highest BCUT2D eigenvalue weighted by Crippen LogP contribution is 2.21. The van der Waals surface area contributed by atoms with E-state index in [4.69, 9.17) is 0 Å². The molecule has 0 radical (unpaired) electrons. The Bertz CT molecular complexity index is 579. The Labute approximate surface area is 129 Å². The van der Waals surface area contributed by atoms with Crippen LogP contribution in [0.25, 0.3) is 0 Å². The third-order valence-corrected chi connectivity index (χ3v) is 4.00. The topological polar surface area (TPSA) is 49.3 Å². The molecular weight excluding hydrogens is 282 g/mol. The van der Waals surface area contributed by atoms with Crippen molar-refractivity contribution in [2.75, 3.05) is 11.1 Å². The zero-order valence-electron chi connectivity index (χ0n) is 12.0. The molecule has 2 rings (SSSR count). The summed E-state index contributed by atoms with van der Waals surface area (Å²) < 4.78 is 0. The number of thioether (sulfide) groups is 1. The number of nitrogens with one attached hydrogen (secondary N) is 1. The minimum atomic E-state index is -0.0312. The average Bonchev–Trinajstić information content (AvgIpc) is 2.49. The lowest BCUT2D eigenvalue weighted by Gasteiger charge is -2.06. The first-order valence-electron chi connectivity index (χ1n) is 6.98. The zero-order valence-corrected chi connectivity index (χ0v) is 12.8. The summed E-state index contributed by atoms with van der Waals surface area (Å²) in [7, 11) is 0. The number of aromatic hydroxyl groups is 1. The van der Waals surface area contributed by atoms with E-state index in [1.54, 1.807) is 24.3 Å². The van der Waals surface area contributed by atoms with Crippen LogP contribution in [0.4, 0.5) is 5.69 Å². The van der Waals surface area contributed by atoms with Gasteiger partial charge in [0.25, 0.3) is 0 Å². The van der Waals surface area contributed by atoms with E-state index in [2.05, 4.69) is 12.2 Å². The normalized spacial score (nSPS) is 10.3. The molecule has 2 N–H and O–H groups in total. The van der Waals surface area contributed by atoms with Gasteiger partial charge in [-0.05, 0) is 48.4 Å². The molecule has 21 heavy (non-hydrogen) atoms. The highest BCUT2D eigenvalue weighted by molar-refractivity contribution is 8.00. The number of hydrogen-bond acceptors (Lipinski definition) is 3. The number of carbonyl (C=O) groups excluding carboxylic acids is 1. The van der Waals surface area contributed by atoms with Crippen molar-refractivity contribution in [1.29, 1.82) is 0 Å². The average molecular weight is 301 g/mol. The van der Waals surface area contributed by atoms with Crippen molar-refractivity contribution in [3.05, 3.63) is 54.1 Å². The Hall–Kier alpha value is -1.94. The number of rotatable bonds is 6. The van der Waals surface area contributed by atoms with Gasteiger partial charge in [0, 0.05) is 10.6 Å². The minimum Gasteiger partial charge on any atom is -0.508 e. The quantitative estimate of drug-likeness (QED) is 0.791. The van der Waals surface area contributed by atoms with E-state index < -0.39 is 0 Å². The maximum atomic E-state index is 11.9. The molecule has 2 aromatic carbocycles. The van der Waals surface area contributed by atoms with Gasteiger partial charge in [-0.15, -0.1) is 11.8 Å². The Morgan fingerprint density at radius 2 is 1.76 bits per heavy atom. The van der Waals surface area contributed by atoms with Gasteiger partial charge in [-0.1, -0.05) is 25.5 Å². The lowest BCUT2D eigenvalue weighted by molar-refractivity contribution is -0.113. The fourth-order valence-electron chi connectivity index (χ4n) is 1.93. The van der Waals surface area contributed by atoms with Crippen molar-refractivity contribution in [3.8, 4) is 5.75 Å². The molecule has 2 aromatic rings. The Kier molecular flexibility index (Phi) is 5.69. The first kappa shape index (κ1) is 15.4. The summed E-state index contributed by atoms with van der Waals surface area (Å²) >= 11 is 1.44. The molecule has 0 aromatic heterocycles. The lowest BCUT2D eigenvalue weighted by Crippen LogP contribution is -2.13. The molecule has 0 spiro atoms. The molecule has 0 saturated heterocycles. The highest BCUT2D eigenvalue weighted by atomic mass is 32.2. The van der Waals surface area contributed by atoms with Crippen LogP contribution < -0.4 is 5.32 Å². The second kappa shape index (κ2) is 7.74. The Morgan fingerprint density at radius 3 is 2.38 bits per heavy atom. The summed E-state index contributed by atoms with van der Waals surface area (Å²) in [5, 5.41) is 12.1. The molecule has 0 atom stereocenters. The SMILES string of the molecule is CCCc1ccc(NC(=O)CSc2ccc(O)cc2)cc1. The van der Waals surface area contributed by atoms with E-state index >= 15 is 0 Å². The molecule has 0 heterocycles. The van der Waals surface area contributed by atoms with Gasteiger partial charge in [-0.2, -0.15) is 0 Å². The molecule has 0 bridgehead atoms. The second-order valence-electron chi connectivity index (χ2n) is 4.78. The summed E-state index contributed by atoms with van der Waals surface area (Å²) in [6.45, 7) is 2.15. The summed E-state index contributed by atoms with van der Waals surface area (Å²) in [5.41, 5.74) is 2.11. The van der Waals surface area contributed by atoms with Gasteiger partial charge in [-0.3, -0.25) is 4.79 Å². The molecule has 110 valence electrons. The van der Waals surface area contributed by atoms with Crippen LogP contribution >= 0.6 is 11.8 Å². The fraction of sp³-hybridized carbons (Fsp3) is 0.235. The van der Waals surface area contributed by atoms with Gasteiger partial charge < -0.3 is 10.4 Å². The van der Waals surface area contributed by atoms with E-state index in [9.17, 15) is 9.90 Å². The summed E-state index contributed by atoms with van der Waals surface area (Å²) in [5.74, 6) is 0.550. The van der Waals surface area contributed by atoms with Crippen LogP contribution in [0.5, 0.6) is 5.75 Å². The molecule has 4 heteroatoms. The molecule has 1 amide bonds. The van der Waals surface area contributed by atoms with Gasteiger partial charge in [0.15, 0.2) is 0 Å². The maximum Gasteiger partial charge on any atom is 0.234 e. The minimum absolute atomic E-state index is 0.0312. The first-order chi connectivity index (χ1) is 10.2. The monoisotopic (exact) mass is 301 g/mol. The molecule has 0 fully saturated rings. The molecule has 0 aliphatic rings. The van der Waals surface area contributed by atoms with Gasteiger partial charge in [0.2, 0.25) is 5.91 Å². The number of aryl methyl sites for hydroxylation is 1. The van der Waals surface area contributed by atoms with Crippen molar-refractivity contribution >= 4 is 23.4 Å². The zero-order chi connectivity index (χ0) is 15.1. The van der Waals surface area contributed by atoms with E-state index in [-0.39, 0.29) is 11.7 Å². The standard InChI is InChI=1S/C17H19NO2S/c1-2-3-13-4-6-14(7-5-13)18-17(20)12-21-16-10-8-15(19)9-11-16/h4-11,19H,2-3,12H2,1H3,(H,18,20). The third kappa shape index (κ3) is 5.16. The second-order valence-corrected chi connectivity index (χ2v) is 5.83. The Balaban J connectivity index is 1.82. The van der Waals surface area contributed by atoms with Crippen LogP contribution in [-0.4, -0.2) is 16.8 Å². The van der Waals surface area contributed by atoms with Crippen LogP contribution in [0.2, 0.25) is 0 Å². The van der Waals surface area contributed by atoms with Crippen molar-refractivity contribution in [1.82, 2.24) is 0 Å². The van der Waals surface area contributed by atoms with Crippen LogP contribution in [0.3, 0.4) is 0 Å². The molecule has 3 nitrogen and oxygen atoms in total. The number of anilines is 1. The van der Waals surface area contributed by atoms with Crippen LogP contribution in [0.15, 0.2) is 53.4 Å². The van der Waals surface area contributed by atoms with Crippen molar-refractivity contribution in [2.24, 2.45) is 0 Å². The number of amides is 1. The number of benzene rings is 2. The van der Waals surface area contributed by atoms with E-state index in [1.807, 2.05) is 24.3 Å². The van der Waals surface area contributed by atoms with Crippen LogP contribution in [-0.2, 0) is 11.2 Å². The number of phenolic OH excluding ortho intramolecular Hbond substituents is 1. The first-order valence-corrected chi connectivity index (χ1v) is 7.96. The van der Waals surface area contributed by atoms with E-state index in [1.165, 1.54) is 17.3 Å².